The summed E-state index contributed by atoms with van der Waals surface area (Å²) >= 11 is 0. The fourth-order valence-electron chi connectivity index (χ4n) is 1.67. The number of nitrogens with zero attached hydrogens (tertiary/aromatic N) is 2. The van der Waals surface area contributed by atoms with Crippen LogP contribution in [-0.4, -0.2) is 15.8 Å². The molecule has 0 saturated carbocycles. The number of amides is 2. The number of hydrogen-bond donors (Lipinski definition) is 2. The van der Waals surface area contributed by atoms with Gasteiger partial charge in [0.15, 0.2) is 0 Å². The topological polar surface area (TPSA) is 59.0 Å². The summed E-state index contributed by atoms with van der Waals surface area (Å²) in [6.07, 6.45) is 1.64. The lowest BCUT2D eigenvalue weighted by Crippen LogP contribution is -2.31. The zero-order valence-electron chi connectivity index (χ0n) is 10.4. The summed E-state index contributed by atoms with van der Waals surface area (Å²) in [6.45, 7) is 1.94. The molecule has 0 bridgehead atoms. The molecule has 2 rings (SSSR count). The zero-order chi connectivity index (χ0) is 13.0. The van der Waals surface area contributed by atoms with E-state index < -0.39 is 0 Å². The standard InChI is InChI=1S/C13H16N4O/c1-10(11-6-4-3-5-7-11)15-13(18)16-12-8-9-14-17(12)2/h3-10H,1-2H3,(H2,15,16,18). The van der Waals surface area contributed by atoms with Crippen molar-refractivity contribution in [1.29, 1.82) is 0 Å². The number of carbonyl (C=O) groups excluding carboxylic acids is 1. The van der Waals surface area contributed by atoms with E-state index in [2.05, 4.69) is 15.7 Å². The summed E-state index contributed by atoms with van der Waals surface area (Å²) in [6, 6.07) is 11.3. The molecule has 0 aliphatic rings. The van der Waals surface area contributed by atoms with E-state index in [1.807, 2.05) is 37.3 Å². The predicted octanol–water partition coefficient (Wildman–Crippen LogP) is 2.30. The minimum atomic E-state index is -0.241. The Bertz CT molecular complexity index is 521. The molecule has 2 aromatic rings. The van der Waals surface area contributed by atoms with Crippen LogP contribution in [0.1, 0.15) is 18.5 Å². The predicted molar refractivity (Wildman–Crippen MR) is 70.2 cm³/mol. The first kappa shape index (κ1) is 12.2. The van der Waals surface area contributed by atoms with Crippen molar-refractivity contribution >= 4 is 11.8 Å². The monoisotopic (exact) mass is 244 g/mol. The summed E-state index contributed by atoms with van der Waals surface area (Å²) in [7, 11) is 1.77. The number of benzene rings is 1. The van der Waals surface area contributed by atoms with Crippen molar-refractivity contribution in [3.63, 3.8) is 0 Å². The summed E-state index contributed by atoms with van der Waals surface area (Å²) in [4.78, 5) is 11.8. The molecule has 1 aromatic carbocycles. The van der Waals surface area contributed by atoms with Crippen LogP contribution in [0.5, 0.6) is 0 Å². The number of hydrogen-bond acceptors (Lipinski definition) is 2. The quantitative estimate of drug-likeness (QED) is 0.870. The summed E-state index contributed by atoms with van der Waals surface area (Å²) in [5.74, 6) is 0.660. The van der Waals surface area contributed by atoms with Crippen LogP contribution in [0.3, 0.4) is 0 Å². The van der Waals surface area contributed by atoms with Crippen molar-refractivity contribution in [2.75, 3.05) is 5.32 Å². The highest BCUT2D eigenvalue weighted by Gasteiger charge is 2.10. The van der Waals surface area contributed by atoms with Crippen LogP contribution in [0.2, 0.25) is 0 Å². The second-order valence-corrected chi connectivity index (χ2v) is 4.07. The van der Waals surface area contributed by atoms with Crippen LogP contribution in [0, 0.1) is 0 Å². The maximum absolute atomic E-state index is 11.8. The Labute approximate surface area is 106 Å². The van der Waals surface area contributed by atoms with Gasteiger partial charge in [-0.3, -0.25) is 10.00 Å². The summed E-state index contributed by atoms with van der Waals surface area (Å²) in [5, 5.41) is 9.59. The van der Waals surface area contributed by atoms with E-state index in [1.54, 1.807) is 24.0 Å². The molecule has 0 saturated heterocycles. The maximum atomic E-state index is 11.8. The molecule has 0 aliphatic heterocycles. The van der Waals surface area contributed by atoms with Crippen molar-refractivity contribution in [2.45, 2.75) is 13.0 Å². The Hall–Kier alpha value is -2.30. The van der Waals surface area contributed by atoms with Gasteiger partial charge in [-0.15, -0.1) is 0 Å². The molecule has 0 fully saturated rings. The average molecular weight is 244 g/mol. The zero-order valence-corrected chi connectivity index (χ0v) is 10.4. The number of aromatic nitrogens is 2. The third-order valence-corrected chi connectivity index (χ3v) is 2.71. The third kappa shape index (κ3) is 2.88. The summed E-state index contributed by atoms with van der Waals surface area (Å²) in [5.41, 5.74) is 1.07. The normalized spacial score (nSPS) is 11.9. The Morgan fingerprint density at radius 2 is 2.00 bits per heavy atom. The van der Waals surface area contributed by atoms with Crippen molar-refractivity contribution in [3.05, 3.63) is 48.2 Å². The van der Waals surface area contributed by atoms with Gasteiger partial charge >= 0.3 is 6.03 Å². The fraction of sp³-hybridized carbons (Fsp3) is 0.231. The highest BCUT2D eigenvalue weighted by molar-refractivity contribution is 5.88. The van der Waals surface area contributed by atoms with Crippen LogP contribution in [-0.2, 0) is 7.05 Å². The van der Waals surface area contributed by atoms with E-state index in [1.165, 1.54) is 0 Å². The second-order valence-electron chi connectivity index (χ2n) is 4.07. The van der Waals surface area contributed by atoms with Gasteiger partial charge in [-0.1, -0.05) is 30.3 Å². The Morgan fingerprint density at radius 3 is 2.61 bits per heavy atom. The fourth-order valence-corrected chi connectivity index (χ4v) is 1.67. The molecule has 1 heterocycles. The van der Waals surface area contributed by atoms with Gasteiger partial charge in [0.1, 0.15) is 5.82 Å². The molecular weight excluding hydrogens is 228 g/mol. The highest BCUT2D eigenvalue weighted by Crippen LogP contribution is 2.11. The molecule has 2 amide bonds. The number of anilines is 1. The number of urea groups is 1. The Kier molecular flexibility index (Phi) is 3.62. The number of nitrogens with one attached hydrogen (secondary N) is 2. The minimum absolute atomic E-state index is 0.0422. The van der Waals surface area contributed by atoms with Gasteiger partial charge in [-0.2, -0.15) is 5.10 Å². The van der Waals surface area contributed by atoms with Crippen LogP contribution in [0.4, 0.5) is 10.6 Å². The third-order valence-electron chi connectivity index (χ3n) is 2.71. The largest absolute Gasteiger partial charge is 0.331 e. The van der Waals surface area contributed by atoms with Crippen LogP contribution in [0.25, 0.3) is 0 Å². The van der Waals surface area contributed by atoms with Crippen molar-refractivity contribution in [1.82, 2.24) is 15.1 Å². The average Bonchev–Trinajstić information content (AvgIpc) is 2.76. The first-order chi connectivity index (χ1) is 8.66. The van der Waals surface area contributed by atoms with Gasteiger partial charge < -0.3 is 5.32 Å². The SMILES string of the molecule is CC(NC(=O)Nc1ccnn1C)c1ccccc1. The lowest BCUT2D eigenvalue weighted by Gasteiger charge is -2.14. The first-order valence-corrected chi connectivity index (χ1v) is 5.77. The molecule has 1 unspecified atom stereocenters. The number of rotatable bonds is 3. The van der Waals surface area contributed by atoms with Crippen molar-refractivity contribution in [2.24, 2.45) is 7.05 Å². The summed E-state index contributed by atoms with van der Waals surface area (Å²) < 4.78 is 1.60. The van der Waals surface area contributed by atoms with E-state index >= 15 is 0 Å². The van der Waals surface area contributed by atoms with Crippen LogP contribution in [0.15, 0.2) is 42.6 Å². The minimum Gasteiger partial charge on any atom is -0.331 e. The van der Waals surface area contributed by atoms with E-state index in [-0.39, 0.29) is 12.1 Å². The lowest BCUT2D eigenvalue weighted by molar-refractivity contribution is 0.249. The van der Waals surface area contributed by atoms with E-state index in [4.69, 9.17) is 0 Å². The molecule has 0 spiro atoms. The first-order valence-electron chi connectivity index (χ1n) is 5.77. The van der Waals surface area contributed by atoms with E-state index in [9.17, 15) is 4.79 Å². The van der Waals surface area contributed by atoms with Gasteiger partial charge in [0.2, 0.25) is 0 Å². The molecule has 18 heavy (non-hydrogen) atoms. The Morgan fingerprint density at radius 1 is 1.28 bits per heavy atom. The van der Waals surface area contributed by atoms with Gasteiger partial charge in [0.25, 0.3) is 0 Å². The Balaban J connectivity index is 1.94. The smallest absolute Gasteiger partial charge is 0.320 e. The van der Waals surface area contributed by atoms with Crippen molar-refractivity contribution < 1.29 is 4.79 Å². The number of aryl methyl sites for hydroxylation is 1. The molecule has 0 aliphatic carbocycles. The van der Waals surface area contributed by atoms with Crippen LogP contribution < -0.4 is 10.6 Å². The van der Waals surface area contributed by atoms with Crippen molar-refractivity contribution in [3.8, 4) is 0 Å². The molecule has 5 heteroatoms. The lowest BCUT2D eigenvalue weighted by atomic mass is 10.1. The maximum Gasteiger partial charge on any atom is 0.320 e. The van der Waals surface area contributed by atoms with Gasteiger partial charge in [-0.25, -0.2) is 4.79 Å². The molecule has 0 radical (unpaired) electrons. The molecule has 5 nitrogen and oxygen atoms in total. The van der Waals surface area contributed by atoms with Gasteiger partial charge in [0.05, 0.1) is 12.2 Å². The molecular formula is C13H16N4O. The molecule has 1 atom stereocenters. The van der Waals surface area contributed by atoms with Gasteiger partial charge in [0, 0.05) is 13.1 Å². The highest BCUT2D eigenvalue weighted by atomic mass is 16.2. The molecule has 2 N–H and O–H groups in total. The second kappa shape index (κ2) is 5.35. The van der Waals surface area contributed by atoms with E-state index in [0.717, 1.165) is 5.56 Å². The number of carbonyl (C=O) groups is 1. The molecule has 94 valence electrons. The van der Waals surface area contributed by atoms with E-state index in [0.29, 0.717) is 5.82 Å². The van der Waals surface area contributed by atoms with Crippen LogP contribution >= 0.6 is 0 Å². The van der Waals surface area contributed by atoms with Gasteiger partial charge in [-0.05, 0) is 12.5 Å². The molecule has 1 aromatic heterocycles.